The molecule has 0 radical (unpaired) electrons. The van der Waals surface area contributed by atoms with Crippen molar-refractivity contribution in [2.45, 2.75) is 65.0 Å². The highest BCUT2D eigenvalue weighted by atomic mass is 16.2. The summed E-state index contributed by atoms with van der Waals surface area (Å²) < 4.78 is 1.33. The SMILES string of the molecule is CCCCn1c(N)c(N(C(=O)c2cnc(C)cn2)C2CCCC2)c(=O)[nH]c1=O. The fourth-order valence-electron chi connectivity index (χ4n) is 3.59. The number of aromatic nitrogens is 4. The van der Waals surface area contributed by atoms with E-state index in [1.165, 1.54) is 21.9 Å². The Morgan fingerprint density at radius 3 is 2.61 bits per heavy atom. The molecule has 0 unspecified atom stereocenters. The number of rotatable bonds is 6. The van der Waals surface area contributed by atoms with E-state index in [9.17, 15) is 14.4 Å². The zero-order chi connectivity index (χ0) is 20.3. The maximum absolute atomic E-state index is 13.3. The molecule has 0 spiro atoms. The van der Waals surface area contributed by atoms with Crippen LogP contribution in [0.3, 0.4) is 0 Å². The Labute approximate surface area is 162 Å². The first-order chi connectivity index (χ1) is 13.4. The highest BCUT2D eigenvalue weighted by Crippen LogP contribution is 2.30. The second-order valence-electron chi connectivity index (χ2n) is 7.15. The standard InChI is InChI=1S/C19H26N6O3/c1-3-4-9-24-16(20)15(17(26)23-19(24)28)25(13-7-5-6-8-13)18(27)14-11-21-12(2)10-22-14/h10-11,13H,3-9,20H2,1-2H3,(H,23,26,28). The zero-order valence-corrected chi connectivity index (χ0v) is 16.3. The summed E-state index contributed by atoms with van der Waals surface area (Å²) in [4.78, 5) is 50.3. The average Bonchev–Trinajstić information content (AvgIpc) is 3.19. The van der Waals surface area contributed by atoms with Crippen molar-refractivity contribution in [3.8, 4) is 0 Å². The maximum Gasteiger partial charge on any atom is 0.330 e. The van der Waals surface area contributed by atoms with Crippen molar-refractivity contribution in [1.82, 2.24) is 19.5 Å². The maximum atomic E-state index is 13.3. The molecule has 150 valence electrons. The van der Waals surface area contributed by atoms with Gasteiger partial charge in [-0.2, -0.15) is 0 Å². The summed E-state index contributed by atoms with van der Waals surface area (Å²) in [5, 5.41) is 0. The predicted octanol–water partition coefficient (Wildman–Crippen LogP) is 1.61. The Bertz CT molecular complexity index is 957. The molecule has 1 saturated carbocycles. The van der Waals surface area contributed by atoms with Gasteiger partial charge in [0, 0.05) is 18.8 Å². The number of nitrogens with zero attached hydrogens (tertiary/aromatic N) is 4. The Morgan fingerprint density at radius 1 is 1.29 bits per heavy atom. The monoisotopic (exact) mass is 386 g/mol. The lowest BCUT2D eigenvalue weighted by Crippen LogP contribution is -2.45. The van der Waals surface area contributed by atoms with Gasteiger partial charge in [-0.1, -0.05) is 26.2 Å². The van der Waals surface area contributed by atoms with Crippen molar-refractivity contribution in [3.63, 3.8) is 0 Å². The van der Waals surface area contributed by atoms with E-state index < -0.39 is 17.2 Å². The minimum atomic E-state index is -0.657. The summed E-state index contributed by atoms with van der Waals surface area (Å²) in [5.41, 5.74) is 5.88. The smallest absolute Gasteiger partial charge is 0.330 e. The summed E-state index contributed by atoms with van der Waals surface area (Å²) in [6.45, 7) is 4.16. The van der Waals surface area contributed by atoms with Crippen LogP contribution in [0.25, 0.3) is 0 Å². The van der Waals surface area contributed by atoms with Gasteiger partial charge in [-0.3, -0.25) is 29.0 Å². The molecule has 0 saturated heterocycles. The lowest BCUT2D eigenvalue weighted by atomic mass is 10.1. The number of unbranched alkanes of at least 4 members (excludes halogenated alkanes) is 1. The number of amides is 1. The molecule has 1 amide bonds. The average molecular weight is 386 g/mol. The van der Waals surface area contributed by atoms with Crippen LogP contribution in [0.15, 0.2) is 22.0 Å². The van der Waals surface area contributed by atoms with E-state index in [1.54, 1.807) is 6.92 Å². The molecule has 2 heterocycles. The van der Waals surface area contributed by atoms with Gasteiger partial charge in [0.25, 0.3) is 11.5 Å². The summed E-state index contributed by atoms with van der Waals surface area (Å²) in [6, 6.07) is -0.170. The third-order valence-electron chi connectivity index (χ3n) is 5.10. The van der Waals surface area contributed by atoms with Gasteiger partial charge in [0.2, 0.25) is 0 Å². The second-order valence-corrected chi connectivity index (χ2v) is 7.15. The van der Waals surface area contributed by atoms with Crippen LogP contribution in [-0.4, -0.2) is 31.5 Å². The molecule has 0 atom stereocenters. The Kier molecular flexibility index (Phi) is 5.91. The first kappa shape index (κ1) is 19.8. The van der Waals surface area contributed by atoms with Gasteiger partial charge in [-0.25, -0.2) is 9.78 Å². The largest absolute Gasteiger partial charge is 0.383 e. The third kappa shape index (κ3) is 3.83. The van der Waals surface area contributed by atoms with E-state index >= 15 is 0 Å². The molecule has 9 heteroatoms. The number of hydrogen-bond acceptors (Lipinski definition) is 6. The molecule has 3 N–H and O–H groups in total. The molecule has 28 heavy (non-hydrogen) atoms. The van der Waals surface area contributed by atoms with Crippen molar-refractivity contribution in [2.24, 2.45) is 0 Å². The number of anilines is 2. The second kappa shape index (κ2) is 8.37. The minimum Gasteiger partial charge on any atom is -0.383 e. The Balaban J connectivity index is 2.13. The molecule has 2 aromatic rings. The van der Waals surface area contributed by atoms with E-state index in [-0.39, 0.29) is 23.2 Å². The van der Waals surface area contributed by atoms with Crippen molar-refractivity contribution < 1.29 is 4.79 Å². The highest BCUT2D eigenvalue weighted by molar-refractivity contribution is 6.06. The number of nitrogen functional groups attached to an aromatic ring is 1. The van der Waals surface area contributed by atoms with Crippen LogP contribution in [0.4, 0.5) is 11.5 Å². The third-order valence-corrected chi connectivity index (χ3v) is 5.10. The molecule has 9 nitrogen and oxygen atoms in total. The number of nitrogens with two attached hydrogens (primary N) is 1. The lowest BCUT2D eigenvalue weighted by molar-refractivity contribution is 0.0971. The lowest BCUT2D eigenvalue weighted by Gasteiger charge is -2.29. The van der Waals surface area contributed by atoms with E-state index in [1.807, 2.05) is 6.92 Å². The Morgan fingerprint density at radius 2 is 2.00 bits per heavy atom. The van der Waals surface area contributed by atoms with Gasteiger partial charge >= 0.3 is 5.69 Å². The van der Waals surface area contributed by atoms with Crippen LogP contribution in [0.5, 0.6) is 0 Å². The molecule has 1 aliphatic rings. The number of carbonyl (C=O) groups excluding carboxylic acids is 1. The van der Waals surface area contributed by atoms with Crippen molar-refractivity contribution in [3.05, 3.63) is 44.6 Å². The van der Waals surface area contributed by atoms with Crippen LogP contribution >= 0.6 is 0 Å². The van der Waals surface area contributed by atoms with E-state index in [4.69, 9.17) is 5.73 Å². The molecule has 2 aromatic heterocycles. The molecular weight excluding hydrogens is 360 g/mol. The number of aryl methyl sites for hydroxylation is 1. The Hall–Kier alpha value is -2.97. The van der Waals surface area contributed by atoms with Gasteiger partial charge in [0.1, 0.15) is 11.5 Å². The summed E-state index contributed by atoms with van der Waals surface area (Å²) in [5.74, 6) is -0.417. The summed E-state index contributed by atoms with van der Waals surface area (Å²) in [6.07, 6.45) is 7.95. The van der Waals surface area contributed by atoms with Crippen molar-refractivity contribution in [2.75, 3.05) is 10.6 Å². The first-order valence-corrected chi connectivity index (χ1v) is 9.68. The number of aromatic amines is 1. The van der Waals surface area contributed by atoms with E-state index in [0.717, 1.165) is 38.5 Å². The van der Waals surface area contributed by atoms with Gasteiger partial charge in [-0.15, -0.1) is 0 Å². The molecule has 3 rings (SSSR count). The van der Waals surface area contributed by atoms with Crippen LogP contribution in [-0.2, 0) is 6.54 Å². The van der Waals surface area contributed by atoms with Crippen LogP contribution < -0.4 is 21.9 Å². The molecule has 1 fully saturated rings. The summed E-state index contributed by atoms with van der Waals surface area (Å²) in [7, 11) is 0. The topological polar surface area (TPSA) is 127 Å². The van der Waals surface area contributed by atoms with Gasteiger partial charge < -0.3 is 5.73 Å². The molecule has 0 aromatic carbocycles. The molecule has 0 bridgehead atoms. The normalized spacial score (nSPS) is 14.4. The highest BCUT2D eigenvalue weighted by Gasteiger charge is 2.33. The fourth-order valence-corrected chi connectivity index (χ4v) is 3.59. The number of carbonyl (C=O) groups is 1. The fraction of sp³-hybridized carbons (Fsp3) is 0.526. The van der Waals surface area contributed by atoms with Crippen molar-refractivity contribution in [1.29, 1.82) is 0 Å². The number of nitrogens with one attached hydrogen (secondary N) is 1. The van der Waals surface area contributed by atoms with Crippen LogP contribution in [0.1, 0.15) is 61.6 Å². The molecular formula is C19H26N6O3. The van der Waals surface area contributed by atoms with Gasteiger partial charge in [-0.05, 0) is 26.2 Å². The van der Waals surface area contributed by atoms with Crippen LogP contribution in [0.2, 0.25) is 0 Å². The quantitative estimate of drug-likeness (QED) is 0.776. The number of hydrogen-bond donors (Lipinski definition) is 2. The van der Waals surface area contributed by atoms with E-state index in [2.05, 4.69) is 15.0 Å². The van der Waals surface area contributed by atoms with Crippen molar-refractivity contribution >= 4 is 17.4 Å². The van der Waals surface area contributed by atoms with Gasteiger partial charge in [0.15, 0.2) is 5.69 Å². The van der Waals surface area contributed by atoms with Gasteiger partial charge in [0.05, 0.1) is 11.9 Å². The number of H-pyrrole nitrogens is 1. The van der Waals surface area contributed by atoms with E-state index in [0.29, 0.717) is 12.2 Å². The predicted molar refractivity (Wildman–Crippen MR) is 106 cm³/mol. The first-order valence-electron chi connectivity index (χ1n) is 9.68. The molecule has 0 aliphatic heterocycles. The molecule has 1 aliphatic carbocycles. The van der Waals surface area contributed by atoms with Crippen LogP contribution in [0, 0.1) is 6.92 Å². The zero-order valence-electron chi connectivity index (χ0n) is 16.3. The summed E-state index contributed by atoms with van der Waals surface area (Å²) >= 11 is 0. The minimum absolute atomic E-state index is 0.0162.